The maximum atomic E-state index is 13.5. The lowest BCUT2D eigenvalue weighted by Crippen LogP contribution is -2.60. The lowest BCUT2D eigenvalue weighted by molar-refractivity contribution is -0.136. The molecule has 0 N–H and O–H groups in total. The molecule has 1 aromatic rings. The number of rotatable bonds is 4. The number of hydrogen-bond acceptors (Lipinski definition) is 2. The molecule has 1 aliphatic heterocycles. The van der Waals surface area contributed by atoms with Gasteiger partial charge in [-0.05, 0) is 25.3 Å². The van der Waals surface area contributed by atoms with E-state index in [1.54, 1.807) is 0 Å². The Morgan fingerprint density at radius 1 is 0.957 bits per heavy atom. The van der Waals surface area contributed by atoms with Gasteiger partial charge in [-0.25, -0.2) is 4.79 Å². The number of hydrogen-bond donors (Lipinski definition) is 0. The van der Waals surface area contributed by atoms with Crippen molar-refractivity contribution in [1.82, 2.24) is 9.47 Å². The Balaban J connectivity index is 2.80. The Kier molecular flexibility index (Phi) is 4.46. The Hall–Kier alpha value is -1.62. The van der Waals surface area contributed by atoms with Gasteiger partial charge in [0.25, 0.3) is 5.91 Å². The molecule has 0 aliphatic carbocycles. The fourth-order valence-corrected chi connectivity index (χ4v) is 5.90. The second kappa shape index (κ2) is 5.78. The second-order valence-corrected chi connectivity index (χ2v) is 12.6. The van der Waals surface area contributed by atoms with Crippen LogP contribution in [0.1, 0.15) is 33.3 Å². The molecule has 3 amide bonds. The van der Waals surface area contributed by atoms with Gasteiger partial charge in [-0.1, -0.05) is 63.8 Å². The highest BCUT2D eigenvalue weighted by Crippen LogP contribution is 2.46. The molecule has 1 aliphatic rings. The van der Waals surface area contributed by atoms with Crippen LogP contribution in [0.4, 0.5) is 4.79 Å². The normalized spacial score (nSPS) is 22.7. The van der Waals surface area contributed by atoms with Crippen molar-refractivity contribution in [3.8, 4) is 0 Å². The van der Waals surface area contributed by atoms with Gasteiger partial charge < -0.3 is 4.57 Å². The minimum absolute atomic E-state index is 0.00294. The number of urea groups is 1. The highest BCUT2D eigenvalue weighted by Gasteiger charge is 2.63. The summed E-state index contributed by atoms with van der Waals surface area (Å²) in [5.41, 5.74) is 0.0199. The molecule has 1 saturated heterocycles. The lowest BCUT2D eigenvalue weighted by atomic mass is 9.79. The van der Waals surface area contributed by atoms with E-state index in [-0.39, 0.29) is 23.9 Å². The first-order valence-corrected chi connectivity index (χ1v) is 11.7. The number of amides is 3. The Morgan fingerprint density at radius 3 is 1.87 bits per heavy atom. The summed E-state index contributed by atoms with van der Waals surface area (Å²) in [7, 11) is -2.08. The molecule has 126 valence electrons. The van der Waals surface area contributed by atoms with Crippen LogP contribution < -0.4 is 0 Å². The first-order chi connectivity index (χ1) is 10.6. The molecule has 0 aromatic heterocycles. The summed E-state index contributed by atoms with van der Waals surface area (Å²) in [5, 5.41) is 0. The predicted molar refractivity (Wildman–Crippen MR) is 95.5 cm³/mol. The first-order valence-electron chi connectivity index (χ1n) is 8.29. The Labute approximate surface area is 140 Å². The van der Waals surface area contributed by atoms with Crippen LogP contribution in [-0.2, 0) is 10.3 Å². The largest absolute Gasteiger partial charge is 0.334 e. The molecule has 0 radical (unpaired) electrons. The van der Waals surface area contributed by atoms with E-state index < -0.39 is 13.8 Å². The standard InChI is InChI=1S/C18H28N2O2Si/c1-13(2)18(15-11-9-8-10-12-15)16(21)19(14(3)4)17(22)20(18)23(5,6)7/h8-14H,1-7H3. The summed E-state index contributed by atoms with van der Waals surface area (Å²) in [6.07, 6.45) is 0. The highest BCUT2D eigenvalue weighted by atomic mass is 28.3. The van der Waals surface area contributed by atoms with Gasteiger partial charge in [0.15, 0.2) is 8.24 Å². The first kappa shape index (κ1) is 17.7. The van der Waals surface area contributed by atoms with Crippen molar-refractivity contribution < 1.29 is 9.59 Å². The van der Waals surface area contributed by atoms with Crippen LogP contribution in [0.5, 0.6) is 0 Å². The molecular formula is C18H28N2O2Si. The molecule has 1 aromatic carbocycles. The number of benzene rings is 1. The van der Waals surface area contributed by atoms with E-state index in [1.807, 2.05) is 62.6 Å². The van der Waals surface area contributed by atoms with Gasteiger partial charge in [-0.15, -0.1) is 0 Å². The Bertz CT molecular complexity index is 607. The zero-order valence-corrected chi connectivity index (χ0v) is 16.3. The molecule has 23 heavy (non-hydrogen) atoms. The smallest absolute Gasteiger partial charge is 0.320 e. The number of nitrogens with zero attached hydrogens (tertiary/aromatic N) is 2. The molecule has 1 unspecified atom stereocenters. The van der Waals surface area contributed by atoms with E-state index in [1.165, 1.54) is 4.90 Å². The van der Waals surface area contributed by atoms with Crippen LogP contribution in [0.2, 0.25) is 19.6 Å². The van der Waals surface area contributed by atoms with Crippen LogP contribution >= 0.6 is 0 Å². The predicted octanol–water partition coefficient (Wildman–Crippen LogP) is 4.05. The van der Waals surface area contributed by atoms with Gasteiger partial charge in [0, 0.05) is 6.04 Å². The monoisotopic (exact) mass is 332 g/mol. The fourth-order valence-electron chi connectivity index (χ4n) is 3.68. The van der Waals surface area contributed by atoms with E-state index in [0.29, 0.717) is 0 Å². The van der Waals surface area contributed by atoms with Gasteiger partial charge in [0.05, 0.1) is 0 Å². The summed E-state index contributed by atoms with van der Waals surface area (Å²) in [4.78, 5) is 28.1. The van der Waals surface area contributed by atoms with Gasteiger partial charge in [-0.3, -0.25) is 9.69 Å². The molecule has 0 spiro atoms. The van der Waals surface area contributed by atoms with Crippen LogP contribution in [-0.4, -0.2) is 35.7 Å². The quantitative estimate of drug-likeness (QED) is 0.616. The van der Waals surface area contributed by atoms with E-state index in [4.69, 9.17) is 0 Å². The minimum atomic E-state index is -2.08. The van der Waals surface area contributed by atoms with Crippen molar-refractivity contribution in [1.29, 1.82) is 0 Å². The van der Waals surface area contributed by atoms with Crippen molar-refractivity contribution in [3.05, 3.63) is 35.9 Å². The lowest BCUT2D eigenvalue weighted by Gasteiger charge is -2.45. The third kappa shape index (κ3) is 2.51. The number of carbonyl (C=O) groups is 2. The summed E-state index contributed by atoms with van der Waals surface area (Å²) in [6, 6.07) is 9.50. The maximum absolute atomic E-state index is 13.5. The van der Waals surface area contributed by atoms with E-state index in [2.05, 4.69) is 19.6 Å². The second-order valence-electron chi connectivity index (χ2n) is 7.84. The van der Waals surface area contributed by atoms with Crippen LogP contribution in [0.15, 0.2) is 30.3 Å². The van der Waals surface area contributed by atoms with Crippen LogP contribution in [0.3, 0.4) is 0 Å². The molecule has 0 bridgehead atoms. The molecule has 5 heteroatoms. The molecule has 1 fully saturated rings. The third-order valence-electron chi connectivity index (χ3n) is 4.53. The SMILES string of the molecule is CC(C)N1C(=O)N([Si](C)(C)C)C(c2ccccc2)(C(C)C)C1=O. The molecule has 2 rings (SSSR count). The summed E-state index contributed by atoms with van der Waals surface area (Å²) < 4.78 is 1.92. The van der Waals surface area contributed by atoms with E-state index >= 15 is 0 Å². The molecule has 0 saturated carbocycles. The summed E-state index contributed by atoms with van der Waals surface area (Å²) >= 11 is 0. The molecule has 4 nitrogen and oxygen atoms in total. The third-order valence-corrected chi connectivity index (χ3v) is 6.42. The van der Waals surface area contributed by atoms with E-state index in [0.717, 1.165) is 5.56 Å². The van der Waals surface area contributed by atoms with E-state index in [9.17, 15) is 9.59 Å². The molecule has 1 atom stereocenters. The summed E-state index contributed by atoms with van der Waals surface area (Å²) in [6.45, 7) is 14.3. The number of carbonyl (C=O) groups excluding carboxylic acids is 2. The highest BCUT2D eigenvalue weighted by molar-refractivity contribution is 6.76. The maximum Gasteiger partial charge on any atom is 0.320 e. The van der Waals surface area contributed by atoms with Crippen molar-refractivity contribution in [2.75, 3.05) is 0 Å². The Morgan fingerprint density at radius 2 is 1.48 bits per heavy atom. The van der Waals surface area contributed by atoms with Crippen molar-refractivity contribution >= 4 is 20.2 Å². The zero-order chi connectivity index (χ0) is 17.6. The van der Waals surface area contributed by atoms with Crippen molar-refractivity contribution in [3.63, 3.8) is 0 Å². The van der Waals surface area contributed by atoms with Crippen LogP contribution in [0.25, 0.3) is 0 Å². The fraction of sp³-hybridized carbons (Fsp3) is 0.556. The average Bonchev–Trinajstić information content (AvgIpc) is 2.67. The number of imide groups is 1. The van der Waals surface area contributed by atoms with Gasteiger partial charge in [0.1, 0.15) is 5.54 Å². The van der Waals surface area contributed by atoms with Crippen molar-refractivity contribution in [2.24, 2.45) is 5.92 Å². The van der Waals surface area contributed by atoms with Gasteiger partial charge in [0.2, 0.25) is 0 Å². The summed E-state index contributed by atoms with van der Waals surface area (Å²) in [5.74, 6) is -0.0852. The topological polar surface area (TPSA) is 40.6 Å². The average molecular weight is 333 g/mol. The molecule has 1 heterocycles. The molecular weight excluding hydrogens is 304 g/mol. The minimum Gasteiger partial charge on any atom is -0.334 e. The van der Waals surface area contributed by atoms with Crippen molar-refractivity contribution in [2.45, 2.75) is 58.9 Å². The zero-order valence-electron chi connectivity index (χ0n) is 15.3. The van der Waals surface area contributed by atoms with Gasteiger partial charge in [-0.2, -0.15) is 0 Å². The van der Waals surface area contributed by atoms with Gasteiger partial charge >= 0.3 is 6.03 Å². The van der Waals surface area contributed by atoms with Crippen LogP contribution in [0, 0.1) is 5.92 Å².